The summed E-state index contributed by atoms with van der Waals surface area (Å²) in [6.45, 7) is 8.01. The minimum Gasteiger partial charge on any atom is -0.383 e. The Morgan fingerprint density at radius 3 is 2.75 bits per heavy atom. The summed E-state index contributed by atoms with van der Waals surface area (Å²) in [6.07, 6.45) is 1.84. The zero-order valence-corrected chi connectivity index (χ0v) is 11.9. The van der Waals surface area contributed by atoms with Crippen LogP contribution in [0, 0.1) is 6.92 Å². The Labute approximate surface area is 106 Å². The van der Waals surface area contributed by atoms with E-state index < -0.39 is 0 Å². The van der Waals surface area contributed by atoms with Crippen LogP contribution in [0.3, 0.4) is 0 Å². The predicted octanol–water partition coefficient (Wildman–Crippen LogP) is 3.01. The number of hydrogen-bond acceptors (Lipinski definition) is 3. The van der Waals surface area contributed by atoms with Crippen LogP contribution >= 0.6 is 15.9 Å². The first-order valence-electron chi connectivity index (χ1n) is 5.47. The second-order valence-corrected chi connectivity index (χ2v) is 4.80. The summed E-state index contributed by atoms with van der Waals surface area (Å²) in [7, 11) is 1.73. The number of hydrogen-bond donors (Lipinski definition) is 0. The molecule has 0 radical (unpaired) electrons. The fourth-order valence-electron chi connectivity index (χ4n) is 1.84. The van der Waals surface area contributed by atoms with Gasteiger partial charge in [-0.1, -0.05) is 0 Å². The van der Waals surface area contributed by atoms with E-state index in [0.717, 1.165) is 16.8 Å². The highest BCUT2D eigenvalue weighted by Crippen LogP contribution is 2.22. The molecule has 0 aromatic carbocycles. The monoisotopic (exact) mass is 286 g/mol. The SMILES string of the molecule is CCN(c1ncc(Br)cc1C)C(C)COC. The molecule has 0 bridgehead atoms. The third kappa shape index (κ3) is 3.19. The zero-order chi connectivity index (χ0) is 12.1. The fraction of sp³-hybridized carbons (Fsp3) is 0.583. The van der Waals surface area contributed by atoms with E-state index >= 15 is 0 Å². The van der Waals surface area contributed by atoms with Crippen molar-refractivity contribution in [3.8, 4) is 0 Å². The summed E-state index contributed by atoms with van der Waals surface area (Å²) in [5, 5.41) is 0. The van der Waals surface area contributed by atoms with E-state index in [-0.39, 0.29) is 0 Å². The molecular formula is C12H19BrN2O. The van der Waals surface area contributed by atoms with Crippen LogP contribution in [0.25, 0.3) is 0 Å². The van der Waals surface area contributed by atoms with E-state index in [1.807, 2.05) is 6.20 Å². The molecule has 1 heterocycles. The summed E-state index contributed by atoms with van der Waals surface area (Å²) in [6, 6.07) is 2.42. The molecule has 1 aromatic heterocycles. The number of aromatic nitrogens is 1. The van der Waals surface area contributed by atoms with Crippen LogP contribution in [0.5, 0.6) is 0 Å². The van der Waals surface area contributed by atoms with Crippen LogP contribution in [0.4, 0.5) is 5.82 Å². The molecular weight excluding hydrogens is 268 g/mol. The Hall–Kier alpha value is -0.610. The molecule has 4 heteroatoms. The number of methoxy groups -OCH3 is 1. The molecule has 1 aromatic rings. The van der Waals surface area contributed by atoms with Crippen molar-refractivity contribution in [1.82, 2.24) is 4.98 Å². The van der Waals surface area contributed by atoms with Gasteiger partial charge in [-0.3, -0.25) is 0 Å². The van der Waals surface area contributed by atoms with E-state index in [4.69, 9.17) is 4.74 Å². The van der Waals surface area contributed by atoms with Crippen molar-refractivity contribution in [1.29, 1.82) is 0 Å². The van der Waals surface area contributed by atoms with E-state index in [9.17, 15) is 0 Å². The van der Waals surface area contributed by atoms with Crippen molar-refractivity contribution < 1.29 is 4.74 Å². The van der Waals surface area contributed by atoms with Gasteiger partial charge in [-0.15, -0.1) is 0 Å². The van der Waals surface area contributed by atoms with E-state index in [1.54, 1.807) is 7.11 Å². The average Bonchev–Trinajstić information content (AvgIpc) is 2.22. The van der Waals surface area contributed by atoms with Crippen molar-refractivity contribution >= 4 is 21.7 Å². The van der Waals surface area contributed by atoms with Gasteiger partial charge in [0.05, 0.1) is 12.6 Å². The quantitative estimate of drug-likeness (QED) is 0.832. The smallest absolute Gasteiger partial charge is 0.131 e. The van der Waals surface area contributed by atoms with Crippen molar-refractivity contribution in [3.63, 3.8) is 0 Å². The first-order valence-corrected chi connectivity index (χ1v) is 6.27. The third-order valence-corrected chi connectivity index (χ3v) is 3.00. The Bertz CT molecular complexity index is 344. The number of likely N-dealkylation sites (N-methyl/N-ethyl adjacent to an activating group) is 1. The molecule has 0 aliphatic heterocycles. The molecule has 0 spiro atoms. The second-order valence-electron chi connectivity index (χ2n) is 3.88. The number of anilines is 1. The van der Waals surface area contributed by atoms with Crippen molar-refractivity contribution in [2.24, 2.45) is 0 Å². The molecule has 1 rings (SSSR count). The van der Waals surface area contributed by atoms with Gasteiger partial charge in [-0.25, -0.2) is 4.98 Å². The predicted molar refractivity (Wildman–Crippen MR) is 71.0 cm³/mol. The van der Waals surface area contributed by atoms with Crippen LogP contribution in [-0.4, -0.2) is 31.3 Å². The summed E-state index contributed by atoms with van der Waals surface area (Å²) in [4.78, 5) is 6.73. The van der Waals surface area contributed by atoms with Gasteiger partial charge in [0.2, 0.25) is 0 Å². The van der Waals surface area contributed by atoms with E-state index in [0.29, 0.717) is 12.6 Å². The molecule has 1 unspecified atom stereocenters. The van der Waals surface area contributed by atoms with Gasteiger partial charge in [-0.05, 0) is 48.3 Å². The Balaban J connectivity index is 2.94. The number of pyridine rings is 1. The highest BCUT2D eigenvalue weighted by molar-refractivity contribution is 9.10. The standard InChI is InChI=1S/C12H19BrN2O/c1-5-15(10(3)8-16-4)12-9(2)6-11(13)7-14-12/h6-7,10H,5,8H2,1-4H3. The summed E-state index contributed by atoms with van der Waals surface area (Å²) in [5.74, 6) is 1.04. The Kier molecular flexibility index (Phi) is 5.22. The Morgan fingerprint density at radius 2 is 2.25 bits per heavy atom. The lowest BCUT2D eigenvalue weighted by Gasteiger charge is -2.29. The molecule has 90 valence electrons. The van der Waals surface area contributed by atoms with Crippen LogP contribution in [0.15, 0.2) is 16.7 Å². The van der Waals surface area contributed by atoms with Gasteiger partial charge in [0.15, 0.2) is 0 Å². The number of halogens is 1. The van der Waals surface area contributed by atoms with Crippen molar-refractivity contribution in [2.75, 3.05) is 25.2 Å². The van der Waals surface area contributed by atoms with Crippen molar-refractivity contribution in [2.45, 2.75) is 26.8 Å². The molecule has 0 aliphatic rings. The minimum absolute atomic E-state index is 0.336. The first-order chi connectivity index (χ1) is 7.60. The molecule has 0 amide bonds. The maximum Gasteiger partial charge on any atom is 0.131 e. The lowest BCUT2D eigenvalue weighted by molar-refractivity contribution is 0.181. The summed E-state index contributed by atoms with van der Waals surface area (Å²) >= 11 is 3.43. The van der Waals surface area contributed by atoms with Gasteiger partial charge in [0.25, 0.3) is 0 Å². The summed E-state index contributed by atoms with van der Waals surface area (Å²) < 4.78 is 6.21. The molecule has 0 saturated heterocycles. The maximum atomic E-state index is 5.19. The molecule has 0 fully saturated rings. The molecule has 3 nitrogen and oxygen atoms in total. The van der Waals surface area contributed by atoms with Crippen LogP contribution in [-0.2, 0) is 4.74 Å². The average molecular weight is 287 g/mol. The van der Waals surface area contributed by atoms with Gasteiger partial charge in [0.1, 0.15) is 5.82 Å². The topological polar surface area (TPSA) is 25.4 Å². The number of nitrogens with zero attached hydrogens (tertiary/aromatic N) is 2. The largest absolute Gasteiger partial charge is 0.383 e. The van der Waals surface area contributed by atoms with Crippen LogP contribution in [0.1, 0.15) is 19.4 Å². The van der Waals surface area contributed by atoms with E-state index in [2.05, 4.69) is 52.7 Å². The molecule has 0 N–H and O–H groups in total. The van der Waals surface area contributed by atoms with Crippen LogP contribution < -0.4 is 4.90 Å². The highest BCUT2D eigenvalue weighted by atomic mass is 79.9. The molecule has 16 heavy (non-hydrogen) atoms. The lowest BCUT2D eigenvalue weighted by Crippen LogP contribution is -2.37. The van der Waals surface area contributed by atoms with Crippen molar-refractivity contribution in [3.05, 3.63) is 22.3 Å². The molecule has 1 atom stereocenters. The normalized spacial score (nSPS) is 12.6. The van der Waals surface area contributed by atoms with Gasteiger partial charge in [0, 0.05) is 24.3 Å². The third-order valence-electron chi connectivity index (χ3n) is 2.57. The molecule has 0 aliphatic carbocycles. The van der Waals surface area contributed by atoms with Gasteiger partial charge in [-0.2, -0.15) is 0 Å². The zero-order valence-electron chi connectivity index (χ0n) is 10.3. The van der Waals surface area contributed by atoms with E-state index in [1.165, 1.54) is 5.56 Å². The molecule has 0 saturated carbocycles. The minimum atomic E-state index is 0.336. The lowest BCUT2D eigenvalue weighted by atomic mass is 10.2. The fourth-order valence-corrected chi connectivity index (χ4v) is 2.28. The van der Waals surface area contributed by atoms with Gasteiger partial charge >= 0.3 is 0 Å². The number of aryl methyl sites for hydroxylation is 1. The highest BCUT2D eigenvalue weighted by Gasteiger charge is 2.15. The first kappa shape index (κ1) is 13.5. The maximum absolute atomic E-state index is 5.19. The summed E-state index contributed by atoms with van der Waals surface area (Å²) in [5.41, 5.74) is 1.18. The number of ether oxygens (including phenoxy) is 1. The van der Waals surface area contributed by atoms with Crippen LogP contribution in [0.2, 0.25) is 0 Å². The Morgan fingerprint density at radius 1 is 1.56 bits per heavy atom. The number of rotatable bonds is 5. The van der Waals surface area contributed by atoms with Gasteiger partial charge < -0.3 is 9.64 Å². The second kappa shape index (κ2) is 6.21.